The van der Waals surface area contributed by atoms with Crippen molar-refractivity contribution in [2.75, 3.05) is 20.3 Å². The van der Waals surface area contributed by atoms with Gasteiger partial charge in [0.05, 0.1) is 30.1 Å². The van der Waals surface area contributed by atoms with Gasteiger partial charge in [0.25, 0.3) is 5.91 Å². The molecule has 69 heavy (non-hydrogen) atoms. The number of hydrogen-bond acceptors (Lipinski definition) is 19. The predicted molar refractivity (Wildman–Crippen MR) is 234 cm³/mol. The maximum absolute atomic E-state index is 16.1. The summed E-state index contributed by atoms with van der Waals surface area (Å²) >= 11 is 0. The number of rotatable bonds is 13. The molecule has 1 amide bonds. The number of ketones is 1. The first-order valence-electron chi connectivity index (χ1n) is 22.6. The van der Waals surface area contributed by atoms with Crippen molar-refractivity contribution in [3.05, 3.63) is 82.9 Å². The van der Waals surface area contributed by atoms with Gasteiger partial charge in [-0.15, -0.1) is 0 Å². The number of esters is 5. The standard InChI is InChI=1S/C49H59NO19/c1-24-31(66-43(58)37(55)36(29-16-12-10-13-17-29)50-42(57)30-18-14-11-15-19-30)21-49(59)41(65-27(4)53)39-47(8,40(56)38(64-26(3)52)35(24)46(49,6)7)32(20-33-48(39,23-62-33)69-28(5)54)67-45-44(60-9)68-34(22-61-45)63-25(2)51/h10-19,31-34,36-39,41,44-45,55,59H,20-23H2,1-9H3,(H,50,57)/t31-,32-,33+,34?,36-,37+,38+,39-,41-,44?,45-,47+,48-,49+/m0/s1. The summed E-state index contributed by atoms with van der Waals surface area (Å²) < 4.78 is 59.6. The van der Waals surface area contributed by atoms with Gasteiger partial charge in [-0.05, 0) is 42.7 Å². The minimum atomic E-state index is -2.42. The molecule has 3 N–H and O–H groups in total. The Kier molecular flexibility index (Phi) is 14.6. The molecule has 7 rings (SSSR count). The molecule has 2 aliphatic heterocycles. The lowest BCUT2D eigenvalue weighted by Crippen LogP contribution is -2.82. The highest BCUT2D eigenvalue weighted by Crippen LogP contribution is 2.65. The van der Waals surface area contributed by atoms with E-state index >= 15 is 4.79 Å². The van der Waals surface area contributed by atoms with Gasteiger partial charge in [-0.2, -0.15) is 0 Å². The molecule has 3 aliphatic carbocycles. The smallest absolute Gasteiger partial charge is 0.338 e. The fraction of sp³-hybridized carbons (Fsp3) is 0.571. The number of nitrogens with one attached hydrogen (secondary N) is 1. The van der Waals surface area contributed by atoms with E-state index in [0.29, 0.717) is 5.56 Å². The average Bonchev–Trinajstić information content (AvgIpc) is 3.28. The van der Waals surface area contributed by atoms with Gasteiger partial charge in [-0.25, -0.2) is 4.79 Å². The zero-order chi connectivity index (χ0) is 50.4. The molecule has 2 saturated heterocycles. The monoisotopic (exact) mass is 965 g/mol. The Labute approximate surface area is 398 Å². The normalized spacial score (nSPS) is 34.4. The zero-order valence-electron chi connectivity index (χ0n) is 39.8. The number of carbonyl (C=O) groups excluding carboxylic acids is 7. The molecule has 0 aromatic heterocycles. The molecule has 374 valence electrons. The van der Waals surface area contributed by atoms with Crippen molar-refractivity contribution in [3.63, 3.8) is 0 Å². The second-order valence-electron chi connectivity index (χ2n) is 18.8. The summed E-state index contributed by atoms with van der Waals surface area (Å²) in [5.41, 5.74) is -7.30. The molecule has 5 aliphatic rings. The Balaban J connectivity index is 1.37. The second kappa shape index (κ2) is 19.6. The van der Waals surface area contributed by atoms with Crippen molar-refractivity contribution in [3.8, 4) is 0 Å². The number of Topliss-reactive ketones (excluding diaryl/α,β-unsaturated/α-hetero) is 1. The molecule has 20 nitrogen and oxygen atoms in total. The van der Waals surface area contributed by atoms with Crippen LogP contribution in [-0.2, 0) is 76.1 Å². The van der Waals surface area contributed by atoms with Gasteiger partial charge < -0.3 is 62.9 Å². The molecule has 4 fully saturated rings. The number of fused-ring (bicyclic) bond motifs is 5. The number of benzene rings is 2. The molecule has 2 aromatic rings. The van der Waals surface area contributed by atoms with Crippen LogP contribution < -0.4 is 5.32 Å². The summed E-state index contributed by atoms with van der Waals surface area (Å²) in [4.78, 5) is 95.8. The zero-order valence-corrected chi connectivity index (χ0v) is 39.8. The van der Waals surface area contributed by atoms with Crippen LogP contribution in [0.15, 0.2) is 71.8 Å². The lowest BCUT2D eigenvalue weighted by atomic mass is 9.44. The molecule has 2 unspecified atom stereocenters. The topological polar surface area (TPSA) is 264 Å². The van der Waals surface area contributed by atoms with Gasteiger partial charge in [0.15, 0.2) is 23.6 Å². The van der Waals surface area contributed by atoms with E-state index in [9.17, 15) is 39.0 Å². The number of carbonyl (C=O) groups is 7. The van der Waals surface area contributed by atoms with Gasteiger partial charge in [-0.1, -0.05) is 62.4 Å². The third-order valence-electron chi connectivity index (χ3n) is 14.2. The molecule has 2 heterocycles. The van der Waals surface area contributed by atoms with Crippen LogP contribution in [-0.4, -0.2) is 139 Å². The van der Waals surface area contributed by atoms with Gasteiger partial charge in [0.2, 0.25) is 18.9 Å². The van der Waals surface area contributed by atoms with Crippen molar-refractivity contribution in [1.82, 2.24) is 5.32 Å². The maximum atomic E-state index is 16.1. The first-order valence-corrected chi connectivity index (χ1v) is 22.6. The van der Waals surface area contributed by atoms with Crippen LogP contribution in [0.25, 0.3) is 0 Å². The summed E-state index contributed by atoms with van der Waals surface area (Å²) in [6.07, 6.45) is -14.4. The van der Waals surface area contributed by atoms with Crippen LogP contribution in [0.2, 0.25) is 0 Å². The van der Waals surface area contributed by atoms with Crippen molar-refractivity contribution < 1.29 is 91.1 Å². The minimum absolute atomic E-state index is 0.0268. The molecule has 0 spiro atoms. The SMILES string of the molecule is COC1OC(OC(C)=O)CO[C@H]1O[C@H]1C[C@H]2OC[C@@]2(OC(C)=O)[C@H]2[C@H](OC(C)=O)[C@]3(O)C[C@H](OC(=O)[C@H](O)[C@@H](NC(=O)c4ccccc4)c4ccccc4)C(C)=C([C@@H](OC(C)=O)C(=O)[C@]12C)C3(C)C. The highest BCUT2D eigenvalue weighted by atomic mass is 16.8. The number of aliphatic hydroxyl groups excluding tert-OH is 1. The molecule has 2 aromatic carbocycles. The summed E-state index contributed by atoms with van der Waals surface area (Å²) in [6, 6.07) is 15.0. The Bertz CT molecular complexity index is 2360. The van der Waals surface area contributed by atoms with Gasteiger partial charge in [-0.3, -0.25) is 28.8 Å². The highest BCUT2D eigenvalue weighted by molar-refractivity contribution is 5.96. The maximum Gasteiger partial charge on any atom is 0.338 e. The van der Waals surface area contributed by atoms with Gasteiger partial charge >= 0.3 is 29.8 Å². The first-order chi connectivity index (χ1) is 32.5. The summed E-state index contributed by atoms with van der Waals surface area (Å²) in [6.45, 7) is 9.88. The average molecular weight is 966 g/mol. The second-order valence-corrected chi connectivity index (χ2v) is 18.8. The molecular formula is C49H59NO19. The summed E-state index contributed by atoms with van der Waals surface area (Å²) in [7, 11) is 1.28. The van der Waals surface area contributed by atoms with Crippen molar-refractivity contribution >= 4 is 41.5 Å². The fourth-order valence-corrected chi connectivity index (χ4v) is 11.0. The largest absolute Gasteiger partial charge is 0.459 e. The number of amides is 1. The van der Waals surface area contributed by atoms with Crippen molar-refractivity contribution in [2.45, 2.75) is 141 Å². The third-order valence-corrected chi connectivity index (χ3v) is 14.2. The number of ether oxygens (including phenoxy) is 10. The molecular weight excluding hydrogens is 907 g/mol. The van der Waals surface area contributed by atoms with Crippen LogP contribution in [0.5, 0.6) is 0 Å². The summed E-state index contributed by atoms with van der Waals surface area (Å²) in [5.74, 6) is -7.61. The highest BCUT2D eigenvalue weighted by Gasteiger charge is 2.79. The Morgan fingerprint density at radius 2 is 1.43 bits per heavy atom. The van der Waals surface area contributed by atoms with E-state index in [4.69, 9.17) is 47.4 Å². The Morgan fingerprint density at radius 1 is 0.812 bits per heavy atom. The lowest BCUT2D eigenvalue weighted by Gasteiger charge is -2.68. The molecule has 2 bridgehead atoms. The predicted octanol–water partition coefficient (Wildman–Crippen LogP) is 2.70. The van der Waals surface area contributed by atoms with E-state index in [-0.39, 0.29) is 36.3 Å². The Hall–Kier alpha value is -5.61. The van der Waals surface area contributed by atoms with Crippen LogP contribution in [0.3, 0.4) is 0 Å². The van der Waals surface area contributed by atoms with Gasteiger partial charge in [0.1, 0.15) is 30.5 Å². The van der Waals surface area contributed by atoms with E-state index < -0.39 is 137 Å². The van der Waals surface area contributed by atoms with E-state index in [0.717, 1.165) is 20.8 Å². The number of methoxy groups -OCH3 is 1. The number of aliphatic hydroxyl groups is 2. The van der Waals surface area contributed by atoms with E-state index in [1.165, 1.54) is 27.9 Å². The number of hydrogen-bond donors (Lipinski definition) is 3. The van der Waals surface area contributed by atoms with Crippen LogP contribution >= 0.6 is 0 Å². The molecule has 0 radical (unpaired) electrons. The van der Waals surface area contributed by atoms with Gasteiger partial charge in [0, 0.05) is 58.6 Å². The lowest BCUT2D eigenvalue weighted by molar-refractivity contribution is -0.397. The quantitative estimate of drug-likeness (QED) is 0.148. The minimum Gasteiger partial charge on any atom is -0.459 e. The molecule has 20 heteroatoms. The Morgan fingerprint density at radius 3 is 2.00 bits per heavy atom. The summed E-state index contributed by atoms with van der Waals surface area (Å²) in [5, 5.41) is 28.3. The van der Waals surface area contributed by atoms with Crippen LogP contribution in [0.1, 0.15) is 90.2 Å². The van der Waals surface area contributed by atoms with Crippen LogP contribution in [0.4, 0.5) is 0 Å². The van der Waals surface area contributed by atoms with Crippen LogP contribution in [0, 0.1) is 16.7 Å². The van der Waals surface area contributed by atoms with Crippen molar-refractivity contribution in [2.24, 2.45) is 16.7 Å². The third kappa shape index (κ3) is 9.30. The first kappa shape index (κ1) is 51.2. The van der Waals surface area contributed by atoms with E-state index in [1.807, 2.05) is 0 Å². The van der Waals surface area contributed by atoms with Crippen molar-refractivity contribution in [1.29, 1.82) is 0 Å². The molecule has 2 saturated carbocycles. The van der Waals surface area contributed by atoms with E-state index in [1.54, 1.807) is 74.5 Å². The van der Waals surface area contributed by atoms with E-state index in [2.05, 4.69) is 5.32 Å². The fourth-order valence-electron chi connectivity index (χ4n) is 11.0. The molecule has 14 atom stereocenters.